The third-order valence-corrected chi connectivity index (χ3v) is 3.22. The zero-order valence-electron chi connectivity index (χ0n) is 10.8. The van der Waals surface area contributed by atoms with E-state index in [-0.39, 0.29) is 6.03 Å². The molecule has 2 amide bonds. The molecule has 0 unspecified atom stereocenters. The van der Waals surface area contributed by atoms with Gasteiger partial charge in [0, 0.05) is 13.6 Å². The van der Waals surface area contributed by atoms with Crippen LogP contribution in [0.2, 0.25) is 0 Å². The number of urea groups is 1. The van der Waals surface area contributed by atoms with Crippen molar-refractivity contribution in [3.8, 4) is 0 Å². The third kappa shape index (κ3) is 4.73. The van der Waals surface area contributed by atoms with Crippen molar-refractivity contribution in [1.29, 1.82) is 0 Å². The van der Waals surface area contributed by atoms with E-state index >= 15 is 0 Å². The Morgan fingerprint density at radius 3 is 2.88 bits per heavy atom. The van der Waals surface area contributed by atoms with Crippen molar-refractivity contribution in [2.75, 3.05) is 18.9 Å². The van der Waals surface area contributed by atoms with Gasteiger partial charge in [-0.1, -0.05) is 20.3 Å². The van der Waals surface area contributed by atoms with Crippen LogP contribution in [0.5, 0.6) is 0 Å². The molecule has 1 aromatic heterocycles. The molecule has 0 bridgehead atoms. The Labute approximate surface area is 107 Å². The van der Waals surface area contributed by atoms with Crippen LogP contribution in [0.15, 0.2) is 6.07 Å². The largest absolute Gasteiger partial charge is 0.328 e. The molecular formula is C12H21N3OS. The normalized spacial score (nSPS) is 10.3. The van der Waals surface area contributed by atoms with Crippen LogP contribution in [0.3, 0.4) is 0 Å². The number of unbranched alkanes of at least 4 members (excludes halogenated alkanes) is 1. The van der Waals surface area contributed by atoms with Gasteiger partial charge >= 0.3 is 6.03 Å². The summed E-state index contributed by atoms with van der Waals surface area (Å²) < 4.78 is 4.32. The van der Waals surface area contributed by atoms with E-state index in [0.29, 0.717) is 0 Å². The van der Waals surface area contributed by atoms with Crippen molar-refractivity contribution in [2.45, 2.75) is 39.5 Å². The maximum absolute atomic E-state index is 11.7. The van der Waals surface area contributed by atoms with Crippen molar-refractivity contribution in [3.63, 3.8) is 0 Å². The smallest absolute Gasteiger partial charge is 0.322 e. The number of rotatable bonds is 6. The second-order valence-corrected chi connectivity index (χ2v) is 4.94. The summed E-state index contributed by atoms with van der Waals surface area (Å²) in [6.45, 7) is 4.99. The Morgan fingerprint density at radius 1 is 1.47 bits per heavy atom. The first-order chi connectivity index (χ1) is 8.17. The second-order valence-electron chi connectivity index (χ2n) is 4.14. The predicted octanol–water partition coefficient (Wildman–Crippen LogP) is 3.36. The Hall–Kier alpha value is -1.10. The molecule has 1 rings (SSSR count). The van der Waals surface area contributed by atoms with E-state index < -0.39 is 0 Å². The Morgan fingerprint density at radius 2 is 2.24 bits per heavy atom. The average molecular weight is 255 g/mol. The highest BCUT2D eigenvalue weighted by molar-refractivity contribution is 7.10. The van der Waals surface area contributed by atoms with Crippen molar-refractivity contribution >= 4 is 22.6 Å². The van der Waals surface area contributed by atoms with E-state index in [9.17, 15) is 4.79 Å². The lowest BCUT2D eigenvalue weighted by Crippen LogP contribution is -2.31. The number of amides is 2. The van der Waals surface area contributed by atoms with Gasteiger partial charge in [-0.05, 0) is 36.9 Å². The third-order valence-electron chi connectivity index (χ3n) is 2.48. The van der Waals surface area contributed by atoms with Gasteiger partial charge in [-0.3, -0.25) is 5.32 Å². The highest BCUT2D eigenvalue weighted by Crippen LogP contribution is 2.18. The Kier molecular flexibility index (Phi) is 5.97. The summed E-state index contributed by atoms with van der Waals surface area (Å²) in [6, 6.07) is 1.91. The SMILES string of the molecule is CCCCc1cc(NC(=O)N(C)CCC)sn1. The molecule has 4 nitrogen and oxygen atoms in total. The molecule has 0 fully saturated rings. The Bertz CT molecular complexity index is 351. The highest BCUT2D eigenvalue weighted by Gasteiger charge is 2.09. The fraction of sp³-hybridized carbons (Fsp3) is 0.667. The second kappa shape index (κ2) is 7.27. The summed E-state index contributed by atoms with van der Waals surface area (Å²) in [7, 11) is 1.80. The van der Waals surface area contributed by atoms with Gasteiger partial charge in [0.05, 0.1) is 5.69 Å². The summed E-state index contributed by atoms with van der Waals surface area (Å²) >= 11 is 1.36. The molecular weight excluding hydrogens is 234 g/mol. The lowest BCUT2D eigenvalue weighted by atomic mass is 10.2. The number of aryl methyl sites for hydroxylation is 1. The van der Waals surface area contributed by atoms with Gasteiger partial charge in [-0.2, -0.15) is 4.37 Å². The fourth-order valence-corrected chi connectivity index (χ4v) is 2.17. The van der Waals surface area contributed by atoms with Crippen LogP contribution in [0.4, 0.5) is 9.80 Å². The monoisotopic (exact) mass is 255 g/mol. The quantitative estimate of drug-likeness (QED) is 0.847. The number of aromatic nitrogens is 1. The molecule has 0 saturated carbocycles. The van der Waals surface area contributed by atoms with Crippen LogP contribution in [0, 0.1) is 0 Å². The predicted molar refractivity (Wildman–Crippen MR) is 72.7 cm³/mol. The van der Waals surface area contributed by atoms with Gasteiger partial charge in [0.1, 0.15) is 5.00 Å². The number of anilines is 1. The molecule has 0 saturated heterocycles. The van der Waals surface area contributed by atoms with Crippen LogP contribution in [-0.2, 0) is 6.42 Å². The number of nitrogens with one attached hydrogen (secondary N) is 1. The molecule has 0 aliphatic rings. The van der Waals surface area contributed by atoms with E-state index in [0.717, 1.165) is 36.5 Å². The van der Waals surface area contributed by atoms with E-state index in [1.54, 1.807) is 11.9 Å². The summed E-state index contributed by atoms with van der Waals surface area (Å²) in [5.74, 6) is 0. The maximum atomic E-state index is 11.7. The van der Waals surface area contributed by atoms with Gasteiger partial charge in [0.25, 0.3) is 0 Å². The molecule has 0 aliphatic heterocycles. The molecule has 0 radical (unpaired) electrons. The zero-order chi connectivity index (χ0) is 12.7. The Balaban J connectivity index is 2.45. The molecule has 1 heterocycles. The summed E-state index contributed by atoms with van der Waals surface area (Å²) in [4.78, 5) is 13.4. The minimum absolute atomic E-state index is 0.0578. The molecule has 17 heavy (non-hydrogen) atoms. The topological polar surface area (TPSA) is 45.2 Å². The maximum Gasteiger partial charge on any atom is 0.322 e. The lowest BCUT2D eigenvalue weighted by molar-refractivity contribution is 0.222. The fourth-order valence-electron chi connectivity index (χ4n) is 1.48. The first-order valence-corrected chi connectivity index (χ1v) is 6.92. The number of carbonyl (C=O) groups is 1. The standard InChI is InChI=1S/C12H21N3OS/c1-4-6-7-10-9-11(17-14-10)13-12(16)15(3)8-5-2/h9H,4-8H2,1-3H3,(H,13,16). The van der Waals surface area contributed by atoms with E-state index in [4.69, 9.17) is 0 Å². The summed E-state index contributed by atoms with van der Waals surface area (Å²) in [5.41, 5.74) is 1.07. The van der Waals surface area contributed by atoms with Crippen LogP contribution in [0.1, 0.15) is 38.8 Å². The molecule has 0 atom stereocenters. The molecule has 0 aliphatic carbocycles. The number of hydrogen-bond donors (Lipinski definition) is 1. The van der Waals surface area contributed by atoms with Gasteiger partial charge in [-0.25, -0.2) is 4.79 Å². The molecule has 0 aromatic carbocycles. The van der Waals surface area contributed by atoms with Crippen molar-refractivity contribution in [1.82, 2.24) is 9.27 Å². The van der Waals surface area contributed by atoms with Gasteiger partial charge < -0.3 is 4.90 Å². The van der Waals surface area contributed by atoms with E-state index in [1.807, 2.05) is 6.07 Å². The van der Waals surface area contributed by atoms with Crippen LogP contribution in [-0.4, -0.2) is 28.9 Å². The van der Waals surface area contributed by atoms with Crippen molar-refractivity contribution in [3.05, 3.63) is 11.8 Å². The molecule has 5 heteroatoms. The lowest BCUT2D eigenvalue weighted by Gasteiger charge is -2.15. The van der Waals surface area contributed by atoms with Crippen molar-refractivity contribution in [2.24, 2.45) is 0 Å². The van der Waals surface area contributed by atoms with Crippen LogP contribution >= 0.6 is 11.5 Å². The van der Waals surface area contributed by atoms with Gasteiger partial charge in [0.2, 0.25) is 0 Å². The zero-order valence-corrected chi connectivity index (χ0v) is 11.6. The minimum atomic E-state index is -0.0578. The van der Waals surface area contributed by atoms with Gasteiger partial charge in [0.15, 0.2) is 0 Å². The van der Waals surface area contributed by atoms with Crippen LogP contribution < -0.4 is 5.32 Å². The number of hydrogen-bond acceptors (Lipinski definition) is 3. The summed E-state index contributed by atoms with van der Waals surface area (Å²) in [6.07, 6.45) is 4.27. The highest BCUT2D eigenvalue weighted by atomic mass is 32.1. The first kappa shape index (κ1) is 14.0. The molecule has 1 aromatic rings. The van der Waals surface area contributed by atoms with Crippen LogP contribution in [0.25, 0.3) is 0 Å². The van der Waals surface area contributed by atoms with E-state index in [1.165, 1.54) is 18.0 Å². The minimum Gasteiger partial charge on any atom is -0.328 e. The summed E-state index contributed by atoms with van der Waals surface area (Å²) in [5, 5.41) is 3.70. The van der Waals surface area contributed by atoms with Gasteiger partial charge in [-0.15, -0.1) is 0 Å². The number of nitrogens with zero attached hydrogens (tertiary/aromatic N) is 2. The number of carbonyl (C=O) groups excluding carboxylic acids is 1. The average Bonchev–Trinajstić information content (AvgIpc) is 2.74. The first-order valence-electron chi connectivity index (χ1n) is 6.15. The molecule has 0 spiro atoms. The van der Waals surface area contributed by atoms with Crippen molar-refractivity contribution < 1.29 is 4.79 Å². The molecule has 96 valence electrons. The van der Waals surface area contributed by atoms with E-state index in [2.05, 4.69) is 23.5 Å². The molecule has 1 N–H and O–H groups in total.